The number of hydrogen-bond acceptors (Lipinski definition) is 3. The van der Waals surface area contributed by atoms with E-state index >= 15 is 0 Å². The predicted molar refractivity (Wildman–Crippen MR) is 82.4 cm³/mol. The highest BCUT2D eigenvalue weighted by molar-refractivity contribution is 7.99. The van der Waals surface area contributed by atoms with Crippen molar-refractivity contribution < 1.29 is 14.3 Å². The van der Waals surface area contributed by atoms with Crippen molar-refractivity contribution in [3.05, 3.63) is 23.5 Å². The van der Waals surface area contributed by atoms with Crippen LogP contribution in [0.25, 0.3) is 11.0 Å². The van der Waals surface area contributed by atoms with Gasteiger partial charge in [0.25, 0.3) is 0 Å². The highest BCUT2D eigenvalue weighted by Crippen LogP contribution is 2.31. The van der Waals surface area contributed by atoms with Crippen LogP contribution in [0.15, 0.2) is 17.3 Å². The fourth-order valence-electron chi connectivity index (χ4n) is 2.40. The maximum absolute atomic E-state index is 13.7. The highest BCUT2D eigenvalue weighted by Gasteiger charge is 2.18. The minimum atomic E-state index is -0.885. The van der Waals surface area contributed by atoms with Crippen molar-refractivity contribution in [2.24, 2.45) is 0 Å². The summed E-state index contributed by atoms with van der Waals surface area (Å²) in [6.45, 7) is 5.90. The van der Waals surface area contributed by atoms with Crippen LogP contribution in [0.1, 0.15) is 38.3 Å². The third-order valence-electron chi connectivity index (χ3n) is 3.41. The Kier molecular flexibility index (Phi) is 4.88. The molecule has 0 aliphatic rings. The number of rotatable bonds is 6. The lowest BCUT2D eigenvalue weighted by molar-refractivity contribution is -0.133. The van der Waals surface area contributed by atoms with Gasteiger partial charge in [-0.25, -0.2) is 9.37 Å². The molecule has 1 N–H and O–H groups in total. The summed E-state index contributed by atoms with van der Waals surface area (Å²) in [6.07, 6.45) is 1.98. The molecule has 2 aromatic rings. The van der Waals surface area contributed by atoms with E-state index in [4.69, 9.17) is 5.11 Å². The second-order valence-corrected chi connectivity index (χ2v) is 6.12. The van der Waals surface area contributed by atoms with E-state index in [9.17, 15) is 9.18 Å². The fraction of sp³-hybridized carbons (Fsp3) is 0.467. The van der Waals surface area contributed by atoms with Gasteiger partial charge in [-0.3, -0.25) is 4.79 Å². The zero-order valence-electron chi connectivity index (χ0n) is 12.4. The number of thioether (sulfide) groups is 1. The Bertz CT molecular complexity index is 669. The molecule has 0 fully saturated rings. The summed E-state index contributed by atoms with van der Waals surface area (Å²) in [5.74, 6) is -1.22. The molecular formula is C15H19FN2O2S. The number of aromatic nitrogens is 2. The van der Waals surface area contributed by atoms with Crippen molar-refractivity contribution in [1.29, 1.82) is 0 Å². The standard InChI is InChI=1S/C15H19FN2O2S/c1-4-5-10(3)18-13-6-9(2)11(16)7-12(13)17-15(18)21-8-14(19)20/h6-7,10H,4-5,8H2,1-3H3,(H,19,20). The molecule has 6 heteroatoms. The number of nitrogens with zero attached hydrogens (tertiary/aromatic N) is 2. The molecule has 0 aliphatic carbocycles. The van der Waals surface area contributed by atoms with Crippen LogP contribution in [0.4, 0.5) is 4.39 Å². The molecular weight excluding hydrogens is 291 g/mol. The molecule has 0 aliphatic heterocycles. The summed E-state index contributed by atoms with van der Waals surface area (Å²) < 4.78 is 15.7. The van der Waals surface area contributed by atoms with Gasteiger partial charge in [0, 0.05) is 12.1 Å². The van der Waals surface area contributed by atoms with Gasteiger partial charge < -0.3 is 9.67 Å². The van der Waals surface area contributed by atoms with Gasteiger partial charge in [-0.15, -0.1) is 0 Å². The minimum absolute atomic E-state index is 0.0520. The first kappa shape index (κ1) is 15.8. The number of carboxylic acids is 1. The van der Waals surface area contributed by atoms with E-state index in [2.05, 4.69) is 18.8 Å². The summed E-state index contributed by atoms with van der Waals surface area (Å²) in [6, 6.07) is 3.40. The second-order valence-electron chi connectivity index (χ2n) is 5.17. The van der Waals surface area contributed by atoms with Crippen LogP contribution in [0.5, 0.6) is 0 Å². The van der Waals surface area contributed by atoms with Crippen LogP contribution in [0.2, 0.25) is 0 Å². The first-order chi connectivity index (χ1) is 9.93. The maximum Gasteiger partial charge on any atom is 0.313 e. The Morgan fingerprint density at radius 1 is 1.52 bits per heavy atom. The van der Waals surface area contributed by atoms with Gasteiger partial charge in [0.15, 0.2) is 5.16 Å². The number of carbonyl (C=O) groups is 1. The van der Waals surface area contributed by atoms with Gasteiger partial charge in [0.1, 0.15) is 5.82 Å². The largest absolute Gasteiger partial charge is 0.481 e. The number of hydrogen-bond donors (Lipinski definition) is 1. The van der Waals surface area contributed by atoms with Crippen LogP contribution in [-0.4, -0.2) is 26.4 Å². The van der Waals surface area contributed by atoms with Crippen molar-refractivity contribution in [2.45, 2.75) is 44.8 Å². The first-order valence-electron chi connectivity index (χ1n) is 6.96. The van der Waals surface area contributed by atoms with Crippen LogP contribution in [-0.2, 0) is 4.79 Å². The maximum atomic E-state index is 13.7. The summed E-state index contributed by atoms with van der Waals surface area (Å²) in [7, 11) is 0. The smallest absolute Gasteiger partial charge is 0.313 e. The third kappa shape index (κ3) is 3.37. The normalized spacial score (nSPS) is 12.8. The van der Waals surface area contributed by atoms with E-state index in [1.54, 1.807) is 13.0 Å². The highest BCUT2D eigenvalue weighted by atomic mass is 32.2. The summed E-state index contributed by atoms with van der Waals surface area (Å²) in [4.78, 5) is 15.2. The van der Waals surface area contributed by atoms with E-state index in [1.807, 2.05) is 4.57 Å². The zero-order valence-corrected chi connectivity index (χ0v) is 13.2. The van der Waals surface area contributed by atoms with Crippen LogP contribution < -0.4 is 0 Å². The van der Waals surface area contributed by atoms with Crippen LogP contribution in [0, 0.1) is 12.7 Å². The van der Waals surface area contributed by atoms with Gasteiger partial charge in [0.2, 0.25) is 0 Å². The zero-order chi connectivity index (χ0) is 15.6. The molecule has 0 saturated carbocycles. The number of imidazole rings is 1. The molecule has 0 bridgehead atoms. The molecule has 0 saturated heterocycles. The number of aliphatic carboxylic acids is 1. The van der Waals surface area contributed by atoms with Crippen molar-refractivity contribution in [3.8, 4) is 0 Å². The number of carboxylic acid groups (broad SMARTS) is 1. The van der Waals surface area contributed by atoms with Crippen molar-refractivity contribution in [1.82, 2.24) is 9.55 Å². The Hall–Kier alpha value is -1.56. The molecule has 0 amide bonds. The lowest BCUT2D eigenvalue weighted by Crippen LogP contribution is -2.08. The molecule has 21 heavy (non-hydrogen) atoms. The molecule has 0 radical (unpaired) electrons. The SMILES string of the molecule is CCCC(C)n1c(SCC(=O)O)nc2cc(F)c(C)cc21. The Morgan fingerprint density at radius 3 is 2.86 bits per heavy atom. The molecule has 1 aromatic carbocycles. The molecule has 4 nitrogen and oxygen atoms in total. The van der Waals surface area contributed by atoms with Crippen molar-refractivity contribution in [2.75, 3.05) is 5.75 Å². The average Bonchev–Trinajstić information content (AvgIpc) is 2.75. The van der Waals surface area contributed by atoms with Gasteiger partial charge in [-0.2, -0.15) is 0 Å². The van der Waals surface area contributed by atoms with E-state index in [1.165, 1.54) is 17.8 Å². The molecule has 1 atom stereocenters. The van der Waals surface area contributed by atoms with Crippen molar-refractivity contribution in [3.63, 3.8) is 0 Å². The topological polar surface area (TPSA) is 55.1 Å². The quantitative estimate of drug-likeness (QED) is 0.819. The molecule has 0 spiro atoms. The van der Waals surface area contributed by atoms with E-state index in [0.29, 0.717) is 16.2 Å². The van der Waals surface area contributed by atoms with Gasteiger partial charge >= 0.3 is 5.97 Å². The van der Waals surface area contributed by atoms with Gasteiger partial charge in [-0.1, -0.05) is 25.1 Å². The van der Waals surface area contributed by atoms with Gasteiger partial charge in [0.05, 0.1) is 16.8 Å². The molecule has 1 unspecified atom stereocenters. The number of halogens is 1. The minimum Gasteiger partial charge on any atom is -0.481 e. The third-order valence-corrected chi connectivity index (χ3v) is 4.35. The van der Waals surface area contributed by atoms with E-state index in [0.717, 1.165) is 18.4 Å². The van der Waals surface area contributed by atoms with Crippen LogP contribution in [0.3, 0.4) is 0 Å². The number of fused-ring (bicyclic) bond motifs is 1. The Labute approximate surface area is 127 Å². The molecule has 114 valence electrons. The van der Waals surface area contributed by atoms with Crippen LogP contribution >= 0.6 is 11.8 Å². The van der Waals surface area contributed by atoms with E-state index < -0.39 is 5.97 Å². The lowest BCUT2D eigenvalue weighted by Gasteiger charge is -2.16. The number of benzene rings is 1. The Balaban J connectivity index is 2.54. The van der Waals surface area contributed by atoms with Crippen molar-refractivity contribution >= 4 is 28.8 Å². The second kappa shape index (κ2) is 6.47. The fourth-order valence-corrected chi connectivity index (χ4v) is 3.23. The summed E-state index contributed by atoms with van der Waals surface area (Å²) >= 11 is 1.18. The summed E-state index contributed by atoms with van der Waals surface area (Å²) in [5, 5.41) is 9.49. The monoisotopic (exact) mass is 310 g/mol. The Morgan fingerprint density at radius 2 is 2.24 bits per heavy atom. The predicted octanol–water partition coefficient (Wildman–Crippen LogP) is 4.02. The molecule has 2 rings (SSSR count). The molecule has 1 heterocycles. The average molecular weight is 310 g/mol. The number of aryl methyl sites for hydroxylation is 1. The molecule has 1 aromatic heterocycles. The summed E-state index contributed by atoms with van der Waals surface area (Å²) in [5.41, 5.74) is 2.01. The first-order valence-corrected chi connectivity index (χ1v) is 7.95. The lowest BCUT2D eigenvalue weighted by atomic mass is 10.1. The van der Waals surface area contributed by atoms with E-state index in [-0.39, 0.29) is 17.6 Å². The van der Waals surface area contributed by atoms with Gasteiger partial charge in [-0.05, 0) is 31.9 Å².